The van der Waals surface area contributed by atoms with Crippen LogP contribution in [0.3, 0.4) is 0 Å². The van der Waals surface area contributed by atoms with Gasteiger partial charge in [-0.1, -0.05) is 41.9 Å². The first-order chi connectivity index (χ1) is 8.66. The van der Waals surface area contributed by atoms with Gasteiger partial charge in [-0.25, -0.2) is 4.79 Å². The molecule has 0 unspecified atom stereocenters. The first kappa shape index (κ1) is 11.1. The van der Waals surface area contributed by atoms with Crippen molar-refractivity contribution in [2.75, 3.05) is 0 Å². The molecule has 3 heteroatoms. The number of aromatic carboxylic acids is 1. The second kappa shape index (κ2) is 4.00. The predicted molar refractivity (Wildman–Crippen MR) is 73.4 cm³/mol. The van der Waals surface area contributed by atoms with Crippen molar-refractivity contribution in [1.29, 1.82) is 0 Å². The third-order valence-corrected chi connectivity index (χ3v) is 3.27. The Labute approximate surface area is 108 Å². The van der Waals surface area contributed by atoms with Crippen molar-refractivity contribution in [1.82, 2.24) is 0 Å². The molecule has 0 spiro atoms. The molecule has 3 aromatic carbocycles. The van der Waals surface area contributed by atoms with Crippen LogP contribution in [0.4, 0.5) is 0 Å². The van der Waals surface area contributed by atoms with Gasteiger partial charge in [0, 0.05) is 5.02 Å². The van der Waals surface area contributed by atoms with Gasteiger partial charge in [-0.15, -0.1) is 0 Å². The van der Waals surface area contributed by atoms with Gasteiger partial charge in [0.1, 0.15) is 0 Å². The van der Waals surface area contributed by atoms with Crippen LogP contribution in [0.25, 0.3) is 21.5 Å². The highest BCUT2D eigenvalue weighted by Crippen LogP contribution is 2.30. The third kappa shape index (κ3) is 1.62. The summed E-state index contributed by atoms with van der Waals surface area (Å²) in [5.41, 5.74) is 0.333. The molecule has 0 saturated heterocycles. The van der Waals surface area contributed by atoms with E-state index in [2.05, 4.69) is 0 Å². The summed E-state index contributed by atoms with van der Waals surface area (Å²) in [6.07, 6.45) is 0. The van der Waals surface area contributed by atoms with Crippen molar-refractivity contribution < 1.29 is 9.90 Å². The third-order valence-electron chi connectivity index (χ3n) is 3.04. The zero-order valence-corrected chi connectivity index (χ0v) is 10.1. The van der Waals surface area contributed by atoms with Gasteiger partial charge in [0.25, 0.3) is 0 Å². The summed E-state index contributed by atoms with van der Waals surface area (Å²) < 4.78 is 0. The Morgan fingerprint density at radius 1 is 0.944 bits per heavy atom. The van der Waals surface area contributed by atoms with Crippen molar-refractivity contribution >= 4 is 39.1 Å². The molecule has 0 atom stereocenters. The summed E-state index contributed by atoms with van der Waals surface area (Å²) in [5, 5.41) is 13.2. The molecule has 0 bridgehead atoms. The maximum Gasteiger partial charge on any atom is 0.336 e. The number of carbonyl (C=O) groups is 1. The number of hydrogen-bond donors (Lipinski definition) is 1. The number of hydrogen-bond acceptors (Lipinski definition) is 1. The Bertz CT molecular complexity index is 778. The summed E-state index contributed by atoms with van der Waals surface area (Å²) >= 11 is 5.95. The molecular formula is C15H9ClO2. The predicted octanol–water partition coefficient (Wildman–Crippen LogP) is 4.34. The number of rotatable bonds is 1. The standard InChI is InChI=1S/C15H9ClO2/c16-11-5-6-13-10(8-11)7-9-3-1-2-4-12(9)14(13)15(17)18/h1-8H,(H,17,18). The molecule has 3 aromatic rings. The number of benzene rings is 3. The molecule has 3 rings (SSSR count). The maximum absolute atomic E-state index is 11.5. The molecule has 18 heavy (non-hydrogen) atoms. The number of carboxylic acids is 1. The lowest BCUT2D eigenvalue weighted by atomic mass is 9.97. The van der Waals surface area contributed by atoms with Crippen LogP contribution >= 0.6 is 11.6 Å². The van der Waals surface area contributed by atoms with Crippen molar-refractivity contribution in [2.45, 2.75) is 0 Å². The smallest absolute Gasteiger partial charge is 0.336 e. The number of carboxylic acid groups (broad SMARTS) is 1. The van der Waals surface area contributed by atoms with Gasteiger partial charge in [-0.3, -0.25) is 0 Å². The molecule has 0 aliphatic rings. The highest BCUT2D eigenvalue weighted by atomic mass is 35.5. The van der Waals surface area contributed by atoms with Crippen molar-refractivity contribution in [3.05, 3.63) is 59.1 Å². The van der Waals surface area contributed by atoms with Gasteiger partial charge >= 0.3 is 5.97 Å². The second-order valence-corrected chi connectivity index (χ2v) is 4.58. The Hall–Kier alpha value is -2.06. The molecule has 0 fully saturated rings. The summed E-state index contributed by atoms with van der Waals surface area (Å²) in [6, 6.07) is 14.7. The lowest BCUT2D eigenvalue weighted by Crippen LogP contribution is -1.99. The van der Waals surface area contributed by atoms with E-state index in [0.29, 0.717) is 16.0 Å². The van der Waals surface area contributed by atoms with Crippen molar-refractivity contribution in [3.8, 4) is 0 Å². The van der Waals surface area contributed by atoms with E-state index in [9.17, 15) is 9.90 Å². The molecule has 1 N–H and O–H groups in total. The first-order valence-electron chi connectivity index (χ1n) is 5.51. The fraction of sp³-hybridized carbons (Fsp3) is 0. The zero-order chi connectivity index (χ0) is 12.7. The normalized spacial score (nSPS) is 10.9. The van der Waals surface area contributed by atoms with Crippen molar-refractivity contribution in [2.24, 2.45) is 0 Å². The van der Waals surface area contributed by atoms with Crippen LogP contribution in [0.5, 0.6) is 0 Å². The van der Waals surface area contributed by atoms with E-state index >= 15 is 0 Å². The molecule has 0 heterocycles. The summed E-state index contributed by atoms with van der Waals surface area (Å²) in [6.45, 7) is 0. The topological polar surface area (TPSA) is 37.3 Å². The van der Waals surface area contributed by atoms with Gasteiger partial charge in [-0.2, -0.15) is 0 Å². The van der Waals surface area contributed by atoms with Crippen LogP contribution in [0, 0.1) is 0 Å². The van der Waals surface area contributed by atoms with Gasteiger partial charge in [0.15, 0.2) is 0 Å². The van der Waals surface area contributed by atoms with Crippen LogP contribution in [-0.2, 0) is 0 Å². The van der Waals surface area contributed by atoms with Crippen LogP contribution in [-0.4, -0.2) is 11.1 Å². The molecule has 88 valence electrons. The van der Waals surface area contributed by atoms with Gasteiger partial charge in [0.2, 0.25) is 0 Å². The van der Waals surface area contributed by atoms with Gasteiger partial charge in [0.05, 0.1) is 5.56 Å². The van der Waals surface area contributed by atoms with E-state index in [0.717, 1.165) is 16.2 Å². The van der Waals surface area contributed by atoms with E-state index in [1.54, 1.807) is 18.2 Å². The molecule has 0 radical (unpaired) electrons. The quantitative estimate of drug-likeness (QED) is 0.658. The van der Waals surface area contributed by atoms with Crippen LogP contribution in [0.1, 0.15) is 10.4 Å². The lowest BCUT2D eigenvalue weighted by molar-refractivity contribution is 0.0701. The fourth-order valence-electron chi connectivity index (χ4n) is 2.27. The molecular weight excluding hydrogens is 248 g/mol. The minimum Gasteiger partial charge on any atom is -0.478 e. The Morgan fingerprint density at radius 2 is 1.67 bits per heavy atom. The minimum absolute atomic E-state index is 0.333. The monoisotopic (exact) mass is 256 g/mol. The lowest BCUT2D eigenvalue weighted by Gasteiger charge is -2.08. The van der Waals surface area contributed by atoms with E-state index < -0.39 is 5.97 Å². The average molecular weight is 257 g/mol. The molecule has 2 nitrogen and oxygen atoms in total. The van der Waals surface area contributed by atoms with E-state index in [1.807, 2.05) is 30.3 Å². The molecule has 0 amide bonds. The summed E-state index contributed by atoms with van der Waals surface area (Å²) in [4.78, 5) is 11.5. The Balaban J connectivity index is 2.58. The summed E-state index contributed by atoms with van der Waals surface area (Å²) in [5.74, 6) is -0.917. The second-order valence-electron chi connectivity index (χ2n) is 4.14. The highest BCUT2D eigenvalue weighted by Gasteiger charge is 2.13. The average Bonchev–Trinajstić information content (AvgIpc) is 2.35. The number of fused-ring (bicyclic) bond motifs is 2. The summed E-state index contributed by atoms with van der Waals surface area (Å²) in [7, 11) is 0. The van der Waals surface area contributed by atoms with Crippen LogP contribution < -0.4 is 0 Å². The molecule has 0 aliphatic carbocycles. The van der Waals surface area contributed by atoms with Gasteiger partial charge < -0.3 is 5.11 Å². The SMILES string of the molecule is O=C(O)c1c2ccccc2cc2cc(Cl)ccc12. The van der Waals surface area contributed by atoms with E-state index in [1.165, 1.54) is 0 Å². The largest absolute Gasteiger partial charge is 0.478 e. The Kier molecular flexibility index (Phi) is 2.46. The molecule has 0 aliphatic heterocycles. The molecule has 0 saturated carbocycles. The van der Waals surface area contributed by atoms with Gasteiger partial charge in [-0.05, 0) is 39.7 Å². The molecule has 0 aromatic heterocycles. The Morgan fingerprint density at radius 3 is 2.44 bits per heavy atom. The zero-order valence-electron chi connectivity index (χ0n) is 9.35. The number of halogens is 1. The van der Waals surface area contributed by atoms with Crippen LogP contribution in [0.15, 0.2) is 48.5 Å². The first-order valence-corrected chi connectivity index (χ1v) is 5.89. The van der Waals surface area contributed by atoms with E-state index in [4.69, 9.17) is 11.6 Å². The minimum atomic E-state index is -0.917. The highest BCUT2D eigenvalue weighted by molar-refractivity contribution is 6.31. The fourth-order valence-corrected chi connectivity index (χ4v) is 2.45. The van der Waals surface area contributed by atoms with Crippen LogP contribution in [0.2, 0.25) is 5.02 Å². The maximum atomic E-state index is 11.5. The van der Waals surface area contributed by atoms with E-state index in [-0.39, 0.29) is 0 Å². The van der Waals surface area contributed by atoms with Crippen molar-refractivity contribution in [3.63, 3.8) is 0 Å².